The first-order valence-electron chi connectivity index (χ1n) is 7.61. The number of carboxylic acids is 1. The van der Waals surface area contributed by atoms with Gasteiger partial charge in [0, 0.05) is 13.1 Å². The van der Waals surface area contributed by atoms with Gasteiger partial charge in [0.25, 0.3) is 5.91 Å². The van der Waals surface area contributed by atoms with E-state index < -0.39 is 12.0 Å². The number of hydrogen-bond donors (Lipinski definition) is 1. The minimum Gasteiger partial charge on any atom is -0.480 e. The van der Waals surface area contributed by atoms with Crippen LogP contribution in [0.4, 0.5) is 0 Å². The average molecular weight is 291 g/mol. The lowest BCUT2D eigenvalue weighted by Gasteiger charge is -2.47. The summed E-state index contributed by atoms with van der Waals surface area (Å²) in [4.78, 5) is 30.0. The van der Waals surface area contributed by atoms with Crippen molar-refractivity contribution in [2.75, 3.05) is 0 Å². The third-order valence-corrected chi connectivity index (χ3v) is 4.93. The molecule has 1 saturated carbocycles. The summed E-state index contributed by atoms with van der Waals surface area (Å²) in [7, 11) is 1.76. The van der Waals surface area contributed by atoms with Crippen LogP contribution in [-0.2, 0) is 11.8 Å². The smallest absolute Gasteiger partial charge is 0.326 e. The molecule has 0 aromatic carbocycles. The molecule has 2 fully saturated rings. The highest BCUT2D eigenvalue weighted by Gasteiger charge is 2.44. The van der Waals surface area contributed by atoms with Gasteiger partial charge in [-0.15, -0.1) is 0 Å². The van der Waals surface area contributed by atoms with Gasteiger partial charge in [-0.05, 0) is 31.6 Å². The maximum Gasteiger partial charge on any atom is 0.326 e. The van der Waals surface area contributed by atoms with Crippen LogP contribution >= 0.6 is 0 Å². The molecule has 0 spiro atoms. The standard InChI is InChI=1S/C15H21N3O3/c1-17-9-16-8-13(17)14(19)18-11-5-3-2-4-10(11)6-7-12(18)15(20)21/h8-12H,2-7H2,1H3,(H,20,21). The predicted molar refractivity (Wildman–Crippen MR) is 75.8 cm³/mol. The Bertz CT molecular complexity index is 554. The van der Waals surface area contributed by atoms with Gasteiger partial charge in [0.05, 0.1) is 12.5 Å². The molecule has 1 N–H and O–H groups in total. The highest BCUT2D eigenvalue weighted by Crippen LogP contribution is 2.38. The van der Waals surface area contributed by atoms with E-state index in [4.69, 9.17) is 0 Å². The zero-order valence-electron chi connectivity index (χ0n) is 12.2. The Morgan fingerprint density at radius 2 is 2.00 bits per heavy atom. The fourth-order valence-corrected chi connectivity index (χ4v) is 3.86. The van der Waals surface area contributed by atoms with Gasteiger partial charge in [0.2, 0.25) is 0 Å². The summed E-state index contributed by atoms with van der Waals surface area (Å²) in [6.07, 6.45) is 8.84. The number of piperidine rings is 1. The number of fused-ring (bicyclic) bond motifs is 1. The van der Waals surface area contributed by atoms with E-state index in [0.717, 1.165) is 25.7 Å². The molecule has 1 aliphatic heterocycles. The summed E-state index contributed by atoms with van der Waals surface area (Å²) in [5.74, 6) is -0.639. The molecule has 3 unspecified atom stereocenters. The van der Waals surface area contributed by atoms with Crippen molar-refractivity contribution in [1.82, 2.24) is 14.5 Å². The molecule has 2 heterocycles. The predicted octanol–water partition coefficient (Wildman–Crippen LogP) is 1.67. The van der Waals surface area contributed by atoms with Gasteiger partial charge in [-0.2, -0.15) is 0 Å². The van der Waals surface area contributed by atoms with Crippen LogP contribution in [0.1, 0.15) is 49.0 Å². The number of aliphatic carboxylic acids is 1. The first-order chi connectivity index (χ1) is 10.1. The third kappa shape index (κ3) is 2.43. The van der Waals surface area contributed by atoms with Crippen molar-refractivity contribution in [3.63, 3.8) is 0 Å². The molecule has 114 valence electrons. The Hall–Kier alpha value is -1.85. The highest BCUT2D eigenvalue weighted by atomic mass is 16.4. The number of carbonyl (C=O) groups excluding carboxylic acids is 1. The summed E-state index contributed by atoms with van der Waals surface area (Å²) in [6, 6.07) is -0.636. The van der Waals surface area contributed by atoms with Gasteiger partial charge >= 0.3 is 5.97 Å². The molecule has 1 aromatic heterocycles. The molecule has 0 radical (unpaired) electrons. The Morgan fingerprint density at radius 1 is 1.24 bits per heavy atom. The quantitative estimate of drug-likeness (QED) is 0.899. The topological polar surface area (TPSA) is 75.4 Å². The van der Waals surface area contributed by atoms with Gasteiger partial charge in [0.1, 0.15) is 11.7 Å². The number of nitrogens with zero attached hydrogens (tertiary/aromatic N) is 3. The van der Waals surface area contributed by atoms with Crippen LogP contribution in [0.15, 0.2) is 12.5 Å². The van der Waals surface area contributed by atoms with Crippen LogP contribution < -0.4 is 0 Å². The number of rotatable bonds is 2. The Labute approximate surface area is 123 Å². The van der Waals surface area contributed by atoms with E-state index in [1.807, 2.05) is 0 Å². The third-order valence-electron chi connectivity index (χ3n) is 4.93. The lowest BCUT2D eigenvalue weighted by atomic mass is 9.76. The Morgan fingerprint density at radius 3 is 2.67 bits per heavy atom. The van der Waals surface area contributed by atoms with Crippen LogP contribution in [0.3, 0.4) is 0 Å². The summed E-state index contributed by atoms with van der Waals surface area (Å²) < 4.78 is 1.66. The molecule has 1 amide bonds. The van der Waals surface area contributed by atoms with Crippen LogP contribution in [0.5, 0.6) is 0 Å². The van der Waals surface area contributed by atoms with Crippen LogP contribution in [0, 0.1) is 5.92 Å². The van der Waals surface area contributed by atoms with E-state index >= 15 is 0 Å². The molecule has 3 rings (SSSR count). The highest BCUT2D eigenvalue weighted by molar-refractivity contribution is 5.95. The summed E-state index contributed by atoms with van der Waals surface area (Å²) >= 11 is 0. The van der Waals surface area contributed by atoms with Crippen molar-refractivity contribution >= 4 is 11.9 Å². The van der Waals surface area contributed by atoms with Gasteiger partial charge in [-0.3, -0.25) is 4.79 Å². The largest absolute Gasteiger partial charge is 0.480 e. The van der Waals surface area contributed by atoms with Crippen molar-refractivity contribution in [3.8, 4) is 0 Å². The Kier molecular flexibility index (Phi) is 3.69. The molecule has 3 atom stereocenters. The molecule has 1 saturated heterocycles. The lowest BCUT2D eigenvalue weighted by molar-refractivity contribution is -0.146. The number of imidazole rings is 1. The number of aryl methyl sites for hydroxylation is 1. The molecule has 1 aromatic rings. The molecule has 6 heteroatoms. The summed E-state index contributed by atoms with van der Waals surface area (Å²) in [5, 5.41) is 9.50. The van der Waals surface area contributed by atoms with Crippen molar-refractivity contribution in [3.05, 3.63) is 18.2 Å². The normalized spacial score (nSPS) is 29.0. The van der Waals surface area contributed by atoms with Crippen molar-refractivity contribution in [2.45, 2.75) is 50.6 Å². The van der Waals surface area contributed by atoms with Crippen molar-refractivity contribution in [1.29, 1.82) is 0 Å². The zero-order chi connectivity index (χ0) is 15.0. The fourth-order valence-electron chi connectivity index (χ4n) is 3.86. The molecular formula is C15H21N3O3. The molecule has 1 aliphatic carbocycles. The monoisotopic (exact) mass is 291 g/mol. The lowest BCUT2D eigenvalue weighted by Crippen LogP contribution is -2.57. The zero-order valence-corrected chi connectivity index (χ0v) is 12.2. The fraction of sp³-hybridized carbons (Fsp3) is 0.667. The van der Waals surface area contributed by atoms with E-state index in [9.17, 15) is 14.7 Å². The minimum absolute atomic E-state index is 0.0657. The Balaban J connectivity index is 1.94. The summed E-state index contributed by atoms with van der Waals surface area (Å²) in [6.45, 7) is 0. The number of amides is 1. The molecular weight excluding hydrogens is 270 g/mol. The van der Waals surface area contributed by atoms with Gasteiger partial charge in [0.15, 0.2) is 0 Å². The van der Waals surface area contributed by atoms with E-state index in [1.165, 1.54) is 12.6 Å². The average Bonchev–Trinajstić information content (AvgIpc) is 2.91. The van der Waals surface area contributed by atoms with Crippen LogP contribution in [0.2, 0.25) is 0 Å². The van der Waals surface area contributed by atoms with Crippen LogP contribution in [0.25, 0.3) is 0 Å². The van der Waals surface area contributed by atoms with Crippen LogP contribution in [-0.4, -0.2) is 43.5 Å². The van der Waals surface area contributed by atoms with Gasteiger partial charge in [-0.25, -0.2) is 9.78 Å². The summed E-state index contributed by atoms with van der Waals surface area (Å²) in [5.41, 5.74) is 0.465. The van der Waals surface area contributed by atoms with E-state index in [0.29, 0.717) is 18.0 Å². The molecule has 6 nitrogen and oxygen atoms in total. The first kappa shape index (κ1) is 14.1. The van der Waals surface area contributed by atoms with Gasteiger partial charge in [-0.1, -0.05) is 12.8 Å². The number of hydrogen-bond acceptors (Lipinski definition) is 3. The SMILES string of the molecule is Cn1cncc1C(=O)N1C(C(=O)O)CCC2CCCCC21. The van der Waals surface area contributed by atoms with E-state index in [-0.39, 0.29) is 11.9 Å². The molecule has 21 heavy (non-hydrogen) atoms. The number of carboxylic acid groups (broad SMARTS) is 1. The van der Waals surface area contributed by atoms with Crippen molar-refractivity contribution in [2.24, 2.45) is 13.0 Å². The minimum atomic E-state index is -0.894. The maximum atomic E-state index is 12.9. The molecule has 0 bridgehead atoms. The van der Waals surface area contributed by atoms with Crippen molar-refractivity contribution < 1.29 is 14.7 Å². The first-order valence-corrected chi connectivity index (χ1v) is 7.61. The van der Waals surface area contributed by atoms with Gasteiger partial charge < -0.3 is 14.6 Å². The van der Waals surface area contributed by atoms with E-state index in [1.54, 1.807) is 22.8 Å². The maximum absolute atomic E-state index is 12.9. The van der Waals surface area contributed by atoms with E-state index in [2.05, 4.69) is 4.98 Å². The number of likely N-dealkylation sites (tertiary alicyclic amines) is 1. The number of carbonyl (C=O) groups is 2. The molecule has 2 aliphatic rings. The second-order valence-electron chi connectivity index (χ2n) is 6.15. The second kappa shape index (κ2) is 5.50. The number of aromatic nitrogens is 2. The second-order valence-corrected chi connectivity index (χ2v) is 6.15.